The summed E-state index contributed by atoms with van der Waals surface area (Å²) >= 11 is 0. The van der Waals surface area contributed by atoms with Crippen LogP contribution in [0.15, 0.2) is 0 Å². The molecule has 4 rings (SSSR count). The molecule has 0 amide bonds. The first-order valence-electron chi connectivity index (χ1n) is 6.30. The zero-order valence-electron chi connectivity index (χ0n) is 9.23. The fourth-order valence-corrected chi connectivity index (χ4v) is 4.52. The van der Waals surface area contributed by atoms with Gasteiger partial charge in [0.15, 0.2) is 0 Å². The van der Waals surface area contributed by atoms with E-state index < -0.39 is 0 Å². The maximum atomic E-state index is 9.95. The Balaban J connectivity index is 1.77. The summed E-state index contributed by atoms with van der Waals surface area (Å²) in [4.78, 5) is 0. The van der Waals surface area contributed by atoms with Gasteiger partial charge in [0.05, 0.1) is 0 Å². The van der Waals surface area contributed by atoms with E-state index in [0.717, 1.165) is 25.2 Å². The molecule has 2 unspecified atom stereocenters. The molecule has 2 saturated heterocycles. The molecule has 15 heavy (non-hydrogen) atoms. The van der Waals surface area contributed by atoms with Crippen molar-refractivity contribution in [1.29, 1.82) is 0 Å². The summed E-state index contributed by atoms with van der Waals surface area (Å²) in [5, 5.41) is 20.6. The monoisotopic (exact) mass is 211 g/mol. The molecule has 0 radical (unpaired) electrons. The highest BCUT2D eigenvalue weighted by atomic mass is 16.5. The minimum absolute atomic E-state index is 0.324. The summed E-state index contributed by atoms with van der Waals surface area (Å²) in [5.41, 5.74) is 0.471. The largest absolute Gasteiger partial charge is 0.396 e. The van der Waals surface area contributed by atoms with Gasteiger partial charge in [0.1, 0.15) is 0 Å². The van der Waals surface area contributed by atoms with E-state index in [4.69, 9.17) is 5.11 Å². The molecular formula is C12H21NO2. The number of aliphatic hydroxyl groups is 1. The van der Waals surface area contributed by atoms with E-state index >= 15 is 0 Å². The molecule has 3 heteroatoms. The van der Waals surface area contributed by atoms with Gasteiger partial charge in [-0.3, -0.25) is 0 Å². The Morgan fingerprint density at radius 2 is 1.80 bits per heavy atom. The van der Waals surface area contributed by atoms with Crippen LogP contribution in [-0.4, -0.2) is 34.1 Å². The highest BCUT2D eigenvalue weighted by Crippen LogP contribution is 2.57. The quantitative estimate of drug-likeness (QED) is 0.748. The fraction of sp³-hybridized carbons (Fsp3) is 1.00. The summed E-state index contributed by atoms with van der Waals surface area (Å²) in [7, 11) is 0. The van der Waals surface area contributed by atoms with E-state index in [0.29, 0.717) is 24.1 Å². The predicted octanol–water partition coefficient (Wildman–Crippen LogP) is 1.78. The molecule has 4 aliphatic rings. The minimum Gasteiger partial charge on any atom is -0.396 e. The van der Waals surface area contributed by atoms with Gasteiger partial charge in [-0.05, 0) is 56.3 Å². The summed E-state index contributed by atoms with van der Waals surface area (Å²) in [6, 6.07) is 0.852. The zero-order valence-corrected chi connectivity index (χ0v) is 9.23. The summed E-state index contributed by atoms with van der Waals surface area (Å²) in [5.74, 6) is 0.851. The molecule has 3 nitrogen and oxygen atoms in total. The van der Waals surface area contributed by atoms with Gasteiger partial charge in [-0.25, -0.2) is 0 Å². The molecular weight excluding hydrogens is 190 g/mol. The Morgan fingerprint density at radius 3 is 2.40 bits per heavy atom. The van der Waals surface area contributed by atoms with Crippen molar-refractivity contribution in [1.82, 2.24) is 5.06 Å². The lowest BCUT2D eigenvalue weighted by molar-refractivity contribution is -0.250. The second-order valence-electron chi connectivity index (χ2n) is 5.96. The Kier molecular flexibility index (Phi) is 2.31. The predicted molar refractivity (Wildman–Crippen MR) is 56.5 cm³/mol. The number of nitrogens with zero attached hydrogens (tertiary/aromatic N) is 1. The Hall–Kier alpha value is -0.120. The van der Waals surface area contributed by atoms with Gasteiger partial charge in [-0.2, -0.15) is 5.06 Å². The molecule has 2 heterocycles. The van der Waals surface area contributed by atoms with Crippen LogP contribution in [0.1, 0.15) is 44.9 Å². The standard InChI is InChI=1S/C12H21NO2/c14-3-1-2-12-6-9-4-10(7-12)13(15)11(5-9)8-12/h9-11,14-15H,1-8H2. The van der Waals surface area contributed by atoms with E-state index in [1.54, 1.807) is 5.06 Å². The lowest BCUT2D eigenvalue weighted by Crippen LogP contribution is -2.60. The average Bonchev–Trinajstić information content (AvgIpc) is 2.22. The first-order valence-corrected chi connectivity index (χ1v) is 6.30. The fourth-order valence-electron chi connectivity index (χ4n) is 4.52. The van der Waals surface area contributed by atoms with Gasteiger partial charge < -0.3 is 10.3 Å². The van der Waals surface area contributed by atoms with E-state index in [2.05, 4.69) is 0 Å². The summed E-state index contributed by atoms with van der Waals surface area (Å²) in [6.45, 7) is 0.324. The molecule has 86 valence electrons. The normalized spacial score (nSPS) is 48.8. The first-order chi connectivity index (χ1) is 7.22. The van der Waals surface area contributed by atoms with E-state index in [1.807, 2.05) is 0 Å². The van der Waals surface area contributed by atoms with Crippen molar-refractivity contribution >= 4 is 0 Å². The summed E-state index contributed by atoms with van der Waals surface area (Å²) < 4.78 is 0. The van der Waals surface area contributed by atoms with E-state index in [1.165, 1.54) is 25.7 Å². The first kappa shape index (κ1) is 10.1. The molecule has 2 saturated carbocycles. The van der Waals surface area contributed by atoms with Crippen molar-refractivity contribution in [2.75, 3.05) is 6.61 Å². The van der Waals surface area contributed by atoms with Crippen molar-refractivity contribution in [3.63, 3.8) is 0 Å². The third-order valence-electron chi connectivity index (χ3n) is 4.88. The summed E-state index contributed by atoms with van der Waals surface area (Å²) in [6.07, 6.45) is 8.20. The molecule has 4 bridgehead atoms. The Bertz CT molecular complexity index is 240. The van der Waals surface area contributed by atoms with Crippen LogP contribution in [0.25, 0.3) is 0 Å². The molecule has 0 aromatic rings. The SMILES string of the molecule is OCCCC12CC3CC(C1)N(O)C(C3)C2. The number of hydrogen-bond acceptors (Lipinski definition) is 3. The van der Waals surface area contributed by atoms with Crippen LogP contribution >= 0.6 is 0 Å². The van der Waals surface area contributed by atoms with Crippen LogP contribution in [0, 0.1) is 11.3 Å². The number of hydroxylamine groups is 2. The molecule has 4 fully saturated rings. The van der Waals surface area contributed by atoms with Crippen LogP contribution in [0.2, 0.25) is 0 Å². The average molecular weight is 211 g/mol. The molecule has 0 spiro atoms. The molecule has 2 aliphatic heterocycles. The molecule has 2 atom stereocenters. The Morgan fingerprint density at radius 1 is 1.13 bits per heavy atom. The van der Waals surface area contributed by atoms with Gasteiger partial charge in [0.25, 0.3) is 0 Å². The highest BCUT2D eigenvalue weighted by Gasteiger charge is 2.53. The number of hydrogen-bond donors (Lipinski definition) is 2. The van der Waals surface area contributed by atoms with Crippen LogP contribution in [-0.2, 0) is 0 Å². The van der Waals surface area contributed by atoms with Crippen molar-refractivity contribution in [3.8, 4) is 0 Å². The Labute approximate surface area is 91.0 Å². The van der Waals surface area contributed by atoms with Crippen molar-refractivity contribution in [3.05, 3.63) is 0 Å². The second-order valence-corrected chi connectivity index (χ2v) is 5.96. The van der Waals surface area contributed by atoms with Gasteiger partial charge in [0, 0.05) is 18.7 Å². The molecule has 0 aromatic heterocycles. The third-order valence-corrected chi connectivity index (χ3v) is 4.88. The van der Waals surface area contributed by atoms with E-state index in [-0.39, 0.29) is 0 Å². The highest BCUT2D eigenvalue weighted by molar-refractivity contribution is 5.04. The van der Waals surface area contributed by atoms with Crippen molar-refractivity contribution in [2.24, 2.45) is 11.3 Å². The van der Waals surface area contributed by atoms with E-state index in [9.17, 15) is 5.21 Å². The molecule has 2 N–H and O–H groups in total. The van der Waals surface area contributed by atoms with Crippen LogP contribution in [0.3, 0.4) is 0 Å². The van der Waals surface area contributed by atoms with Gasteiger partial charge in [-0.1, -0.05) is 0 Å². The maximum Gasteiger partial charge on any atom is 0.0431 e. The minimum atomic E-state index is 0.324. The number of aliphatic hydroxyl groups excluding tert-OH is 1. The van der Waals surface area contributed by atoms with Crippen molar-refractivity contribution < 1.29 is 10.3 Å². The zero-order chi connectivity index (χ0) is 10.5. The maximum absolute atomic E-state index is 9.95. The van der Waals surface area contributed by atoms with Crippen molar-refractivity contribution in [2.45, 2.75) is 57.0 Å². The number of rotatable bonds is 3. The van der Waals surface area contributed by atoms with Gasteiger partial charge >= 0.3 is 0 Å². The van der Waals surface area contributed by atoms with Gasteiger partial charge in [-0.15, -0.1) is 0 Å². The second kappa shape index (κ2) is 3.44. The third kappa shape index (κ3) is 1.52. The molecule has 0 aromatic carbocycles. The van der Waals surface area contributed by atoms with Crippen LogP contribution < -0.4 is 0 Å². The van der Waals surface area contributed by atoms with Gasteiger partial charge in [0.2, 0.25) is 0 Å². The van der Waals surface area contributed by atoms with Crippen LogP contribution in [0.5, 0.6) is 0 Å². The lowest BCUT2D eigenvalue weighted by Gasteiger charge is -2.59. The lowest BCUT2D eigenvalue weighted by atomic mass is 9.54. The molecule has 2 aliphatic carbocycles. The topological polar surface area (TPSA) is 43.7 Å². The van der Waals surface area contributed by atoms with Crippen LogP contribution in [0.4, 0.5) is 0 Å². The number of piperidine rings is 2. The smallest absolute Gasteiger partial charge is 0.0431 e.